The Morgan fingerprint density at radius 3 is 2.50 bits per heavy atom. The smallest absolute Gasteiger partial charge is 0.272 e. The zero-order valence-electron chi connectivity index (χ0n) is 15.4. The van der Waals surface area contributed by atoms with E-state index in [9.17, 15) is 4.79 Å². The number of aryl methyl sites for hydroxylation is 2. The third kappa shape index (κ3) is 4.28. The van der Waals surface area contributed by atoms with Gasteiger partial charge < -0.3 is 10.2 Å². The van der Waals surface area contributed by atoms with Gasteiger partial charge in [0.15, 0.2) is 0 Å². The highest BCUT2D eigenvalue weighted by atomic mass is 16.2. The first-order chi connectivity index (χ1) is 12.5. The van der Waals surface area contributed by atoms with Crippen LogP contribution in [0.3, 0.4) is 0 Å². The Morgan fingerprint density at radius 2 is 1.81 bits per heavy atom. The van der Waals surface area contributed by atoms with E-state index in [0.29, 0.717) is 12.2 Å². The van der Waals surface area contributed by atoms with E-state index in [-0.39, 0.29) is 5.91 Å². The number of nitrogens with zero attached hydrogens (tertiary/aromatic N) is 2. The quantitative estimate of drug-likeness (QED) is 0.728. The maximum Gasteiger partial charge on any atom is 0.272 e. The zero-order chi connectivity index (χ0) is 18.5. The summed E-state index contributed by atoms with van der Waals surface area (Å²) >= 11 is 0. The Morgan fingerprint density at radius 1 is 1.04 bits per heavy atom. The second-order valence-electron chi connectivity index (χ2n) is 6.52. The van der Waals surface area contributed by atoms with Crippen molar-refractivity contribution in [1.29, 1.82) is 0 Å². The Hall–Kier alpha value is -3.14. The van der Waals surface area contributed by atoms with E-state index in [4.69, 9.17) is 0 Å². The number of nitrogens with one attached hydrogen (secondary N) is 1. The average Bonchev–Trinajstić information content (AvgIpc) is 2.65. The van der Waals surface area contributed by atoms with Crippen LogP contribution in [-0.2, 0) is 6.54 Å². The normalized spacial score (nSPS) is 10.4. The molecule has 1 N–H and O–H groups in total. The van der Waals surface area contributed by atoms with Crippen molar-refractivity contribution in [2.45, 2.75) is 20.4 Å². The molecule has 0 spiro atoms. The van der Waals surface area contributed by atoms with Gasteiger partial charge in [0.05, 0.1) is 11.9 Å². The van der Waals surface area contributed by atoms with Gasteiger partial charge in [0, 0.05) is 19.3 Å². The van der Waals surface area contributed by atoms with Gasteiger partial charge in [-0.3, -0.25) is 4.79 Å². The van der Waals surface area contributed by atoms with Crippen LogP contribution in [0, 0.1) is 13.8 Å². The van der Waals surface area contributed by atoms with E-state index >= 15 is 0 Å². The van der Waals surface area contributed by atoms with Crippen molar-refractivity contribution in [3.05, 3.63) is 89.2 Å². The van der Waals surface area contributed by atoms with Crippen LogP contribution in [0.2, 0.25) is 0 Å². The van der Waals surface area contributed by atoms with E-state index in [0.717, 1.165) is 16.9 Å². The SMILES string of the molecule is Cc1ccc(C)c(Nc2ccc(C(=O)N(C)Cc3ccccc3)nc2)c1. The molecule has 0 saturated heterocycles. The van der Waals surface area contributed by atoms with Crippen LogP contribution in [-0.4, -0.2) is 22.8 Å². The van der Waals surface area contributed by atoms with E-state index in [1.807, 2.05) is 36.4 Å². The van der Waals surface area contributed by atoms with Gasteiger partial charge in [0.25, 0.3) is 5.91 Å². The number of aromatic nitrogens is 1. The van der Waals surface area contributed by atoms with E-state index < -0.39 is 0 Å². The lowest BCUT2D eigenvalue weighted by Gasteiger charge is -2.17. The maximum atomic E-state index is 12.6. The molecule has 1 heterocycles. The number of rotatable bonds is 5. The number of pyridine rings is 1. The molecule has 0 radical (unpaired) electrons. The predicted molar refractivity (Wildman–Crippen MR) is 106 cm³/mol. The van der Waals surface area contributed by atoms with E-state index in [1.54, 1.807) is 24.2 Å². The van der Waals surface area contributed by atoms with Crippen LogP contribution in [0.1, 0.15) is 27.2 Å². The topological polar surface area (TPSA) is 45.2 Å². The number of carbonyl (C=O) groups excluding carboxylic acids is 1. The van der Waals surface area contributed by atoms with Crippen LogP contribution in [0.25, 0.3) is 0 Å². The Labute approximate surface area is 154 Å². The number of hydrogen-bond donors (Lipinski definition) is 1. The summed E-state index contributed by atoms with van der Waals surface area (Å²) in [5.74, 6) is -0.0906. The third-order valence-corrected chi connectivity index (χ3v) is 4.26. The minimum Gasteiger partial charge on any atom is -0.354 e. The summed E-state index contributed by atoms with van der Waals surface area (Å²) in [6.07, 6.45) is 1.70. The van der Waals surface area contributed by atoms with E-state index in [1.165, 1.54) is 11.1 Å². The molecule has 3 aromatic rings. The van der Waals surface area contributed by atoms with Crippen molar-refractivity contribution in [2.75, 3.05) is 12.4 Å². The van der Waals surface area contributed by atoms with Gasteiger partial charge in [-0.05, 0) is 48.7 Å². The van der Waals surface area contributed by atoms with Gasteiger partial charge in [-0.25, -0.2) is 4.98 Å². The maximum absolute atomic E-state index is 12.6. The van der Waals surface area contributed by atoms with Crippen LogP contribution in [0.4, 0.5) is 11.4 Å². The molecular formula is C22H23N3O. The second kappa shape index (κ2) is 7.83. The molecule has 26 heavy (non-hydrogen) atoms. The molecule has 0 aliphatic rings. The molecule has 4 heteroatoms. The molecule has 0 bridgehead atoms. The highest BCUT2D eigenvalue weighted by molar-refractivity contribution is 5.92. The highest BCUT2D eigenvalue weighted by Gasteiger charge is 2.13. The van der Waals surface area contributed by atoms with Crippen molar-refractivity contribution in [3.8, 4) is 0 Å². The number of carbonyl (C=O) groups is 1. The first kappa shape index (κ1) is 17.7. The predicted octanol–water partition coefficient (Wildman–Crippen LogP) is 4.71. The molecule has 0 atom stereocenters. The average molecular weight is 345 g/mol. The Balaban J connectivity index is 1.68. The van der Waals surface area contributed by atoms with Crippen LogP contribution in [0.5, 0.6) is 0 Å². The Kier molecular flexibility index (Phi) is 5.32. The molecule has 0 unspecified atom stereocenters. The second-order valence-corrected chi connectivity index (χ2v) is 6.52. The summed E-state index contributed by atoms with van der Waals surface area (Å²) in [7, 11) is 1.79. The largest absolute Gasteiger partial charge is 0.354 e. The van der Waals surface area contributed by atoms with Gasteiger partial charge in [0.2, 0.25) is 0 Å². The standard InChI is InChI=1S/C22H23N3O/c1-16-9-10-17(2)21(13-16)24-19-11-12-20(23-14-19)22(26)25(3)15-18-7-5-4-6-8-18/h4-14,24H,15H2,1-3H3. The van der Waals surface area contributed by atoms with Crippen LogP contribution < -0.4 is 5.32 Å². The Bertz CT molecular complexity index is 889. The minimum atomic E-state index is -0.0906. The molecular weight excluding hydrogens is 322 g/mol. The van der Waals surface area contributed by atoms with Gasteiger partial charge in [-0.1, -0.05) is 42.5 Å². The molecule has 0 aliphatic heterocycles. The monoisotopic (exact) mass is 345 g/mol. The fraction of sp³-hybridized carbons (Fsp3) is 0.182. The summed E-state index contributed by atoms with van der Waals surface area (Å²) in [5, 5.41) is 3.36. The summed E-state index contributed by atoms with van der Waals surface area (Å²) in [6, 6.07) is 19.8. The fourth-order valence-corrected chi connectivity index (χ4v) is 2.74. The molecule has 3 rings (SSSR count). The van der Waals surface area contributed by atoms with Crippen molar-refractivity contribution < 1.29 is 4.79 Å². The van der Waals surface area contributed by atoms with Crippen molar-refractivity contribution in [2.24, 2.45) is 0 Å². The van der Waals surface area contributed by atoms with Gasteiger partial charge >= 0.3 is 0 Å². The molecule has 1 amide bonds. The molecule has 2 aromatic carbocycles. The summed E-state index contributed by atoms with van der Waals surface area (Å²) in [6.45, 7) is 4.68. The number of hydrogen-bond acceptors (Lipinski definition) is 3. The number of benzene rings is 2. The lowest BCUT2D eigenvalue weighted by Crippen LogP contribution is -2.26. The highest BCUT2D eigenvalue weighted by Crippen LogP contribution is 2.21. The molecule has 132 valence electrons. The van der Waals surface area contributed by atoms with Crippen LogP contribution in [0.15, 0.2) is 66.9 Å². The number of amides is 1. The molecule has 1 aromatic heterocycles. The van der Waals surface area contributed by atoms with Gasteiger partial charge in [-0.2, -0.15) is 0 Å². The van der Waals surface area contributed by atoms with Gasteiger partial charge in [0.1, 0.15) is 5.69 Å². The molecule has 0 aliphatic carbocycles. The molecule has 4 nitrogen and oxygen atoms in total. The number of anilines is 2. The van der Waals surface area contributed by atoms with Gasteiger partial charge in [-0.15, -0.1) is 0 Å². The van der Waals surface area contributed by atoms with E-state index in [2.05, 4.69) is 42.3 Å². The summed E-state index contributed by atoms with van der Waals surface area (Å²) < 4.78 is 0. The summed E-state index contributed by atoms with van der Waals surface area (Å²) in [4.78, 5) is 18.6. The van der Waals surface area contributed by atoms with Crippen molar-refractivity contribution in [3.63, 3.8) is 0 Å². The zero-order valence-corrected chi connectivity index (χ0v) is 15.4. The molecule has 0 saturated carbocycles. The first-order valence-electron chi connectivity index (χ1n) is 8.62. The lowest BCUT2D eigenvalue weighted by atomic mass is 10.1. The lowest BCUT2D eigenvalue weighted by molar-refractivity contribution is 0.0779. The van der Waals surface area contributed by atoms with Crippen molar-refractivity contribution >= 4 is 17.3 Å². The minimum absolute atomic E-state index is 0.0906. The fourth-order valence-electron chi connectivity index (χ4n) is 2.74. The third-order valence-electron chi connectivity index (χ3n) is 4.26. The first-order valence-corrected chi connectivity index (χ1v) is 8.62. The molecule has 0 fully saturated rings. The van der Waals surface area contributed by atoms with Crippen LogP contribution >= 0.6 is 0 Å². The van der Waals surface area contributed by atoms with Crippen molar-refractivity contribution in [1.82, 2.24) is 9.88 Å². The summed E-state index contributed by atoms with van der Waals surface area (Å²) in [5.41, 5.74) is 5.80.